The highest BCUT2D eigenvalue weighted by atomic mass is 19.4. The zero-order chi connectivity index (χ0) is 14.8. The Labute approximate surface area is 115 Å². The lowest BCUT2D eigenvalue weighted by atomic mass is 10.1. The lowest BCUT2D eigenvalue weighted by Gasteiger charge is -2.13. The minimum atomic E-state index is -4.72. The van der Waals surface area contributed by atoms with Gasteiger partial charge in [0.25, 0.3) is 5.91 Å². The number of benzene rings is 1. The van der Waals surface area contributed by atoms with Gasteiger partial charge in [-0.05, 0) is 49.4 Å². The van der Waals surface area contributed by atoms with E-state index >= 15 is 0 Å². The van der Waals surface area contributed by atoms with E-state index in [2.05, 4.69) is 17.0 Å². The Kier molecular flexibility index (Phi) is 4.20. The first kappa shape index (κ1) is 14.7. The smallest absolute Gasteiger partial charge is 0.406 e. The summed E-state index contributed by atoms with van der Waals surface area (Å²) in [6, 6.07) is 5.09. The van der Waals surface area contributed by atoms with E-state index in [1.54, 1.807) is 0 Å². The van der Waals surface area contributed by atoms with Crippen LogP contribution >= 0.6 is 0 Å². The summed E-state index contributed by atoms with van der Waals surface area (Å²) in [6.07, 6.45) is -1.74. The number of ether oxygens (including phenoxy) is 1. The molecule has 1 saturated carbocycles. The number of carbonyl (C=O) groups excluding carboxylic acids is 1. The molecule has 1 aliphatic rings. The fraction of sp³-hybridized carbons (Fsp3) is 0.500. The van der Waals surface area contributed by atoms with Crippen LogP contribution in [-0.2, 0) is 0 Å². The molecule has 0 aromatic heterocycles. The van der Waals surface area contributed by atoms with E-state index < -0.39 is 6.36 Å². The van der Waals surface area contributed by atoms with E-state index in [0.717, 1.165) is 31.4 Å². The zero-order valence-electron chi connectivity index (χ0n) is 11.0. The van der Waals surface area contributed by atoms with Crippen molar-refractivity contribution in [3.05, 3.63) is 29.8 Å². The summed E-state index contributed by atoms with van der Waals surface area (Å²) in [4.78, 5) is 11.9. The van der Waals surface area contributed by atoms with Gasteiger partial charge in [0.2, 0.25) is 0 Å². The van der Waals surface area contributed by atoms with Crippen molar-refractivity contribution >= 4 is 5.91 Å². The topological polar surface area (TPSA) is 38.3 Å². The molecule has 3 nitrogen and oxygen atoms in total. The molecular formula is C14H16F3NO2. The average Bonchev–Trinajstić information content (AvgIpc) is 2.73. The van der Waals surface area contributed by atoms with Gasteiger partial charge in [0.1, 0.15) is 5.75 Å². The largest absolute Gasteiger partial charge is 0.573 e. The van der Waals surface area contributed by atoms with Gasteiger partial charge in [-0.1, -0.05) is 6.92 Å². The van der Waals surface area contributed by atoms with Gasteiger partial charge in [0, 0.05) is 11.6 Å². The Morgan fingerprint density at radius 1 is 1.25 bits per heavy atom. The molecule has 2 rings (SSSR count). The molecule has 2 unspecified atom stereocenters. The fourth-order valence-electron chi connectivity index (χ4n) is 2.41. The van der Waals surface area contributed by atoms with Crippen molar-refractivity contribution in [1.29, 1.82) is 0 Å². The van der Waals surface area contributed by atoms with Gasteiger partial charge in [-0.2, -0.15) is 0 Å². The van der Waals surface area contributed by atoms with Crippen LogP contribution in [0.25, 0.3) is 0 Å². The second-order valence-electron chi connectivity index (χ2n) is 5.16. The van der Waals surface area contributed by atoms with Crippen LogP contribution in [0.2, 0.25) is 0 Å². The lowest BCUT2D eigenvalue weighted by Crippen LogP contribution is -2.32. The number of rotatable bonds is 3. The molecule has 2 atom stereocenters. The van der Waals surface area contributed by atoms with Crippen LogP contribution < -0.4 is 10.1 Å². The highest BCUT2D eigenvalue weighted by Crippen LogP contribution is 2.25. The van der Waals surface area contributed by atoms with Crippen molar-refractivity contribution < 1.29 is 22.7 Å². The second-order valence-corrected chi connectivity index (χ2v) is 5.16. The summed E-state index contributed by atoms with van der Waals surface area (Å²) in [7, 11) is 0. The maximum atomic E-state index is 12.0. The van der Waals surface area contributed by atoms with Crippen molar-refractivity contribution in [3.63, 3.8) is 0 Å². The molecule has 1 amide bonds. The number of nitrogens with one attached hydrogen (secondary N) is 1. The van der Waals surface area contributed by atoms with Crippen molar-refractivity contribution in [3.8, 4) is 5.75 Å². The average molecular weight is 287 g/mol. The molecule has 6 heteroatoms. The van der Waals surface area contributed by atoms with Gasteiger partial charge in [0.15, 0.2) is 0 Å². The van der Waals surface area contributed by atoms with Crippen molar-refractivity contribution in [2.45, 2.75) is 38.6 Å². The summed E-state index contributed by atoms with van der Waals surface area (Å²) < 4.78 is 39.8. The van der Waals surface area contributed by atoms with E-state index in [-0.39, 0.29) is 17.7 Å². The predicted octanol–water partition coefficient (Wildman–Crippen LogP) is 3.50. The summed E-state index contributed by atoms with van der Waals surface area (Å²) in [5.74, 6) is 0.00839. The molecule has 1 N–H and O–H groups in total. The molecule has 0 heterocycles. The first-order chi connectivity index (χ1) is 9.33. The molecule has 0 saturated heterocycles. The van der Waals surface area contributed by atoms with Gasteiger partial charge in [-0.15, -0.1) is 13.2 Å². The van der Waals surface area contributed by atoms with Crippen molar-refractivity contribution in [2.24, 2.45) is 5.92 Å². The Balaban J connectivity index is 1.94. The Bertz CT molecular complexity index is 470. The minimum Gasteiger partial charge on any atom is -0.406 e. The number of amides is 1. The van der Waals surface area contributed by atoms with Crippen molar-refractivity contribution in [2.75, 3.05) is 0 Å². The number of alkyl halides is 3. The van der Waals surface area contributed by atoms with Gasteiger partial charge in [-0.25, -0.2) is 0 Å². The SMILES string of the molecule is CC1CCC(NC(=O)c2ccc(OC(F)(F)F)cc2)C1. The molecule has 0 spiro atoms. The Hall–Kier alpha value is -1.72. The maximum Gasteiger partial charge on any atom is 0.573 e. The van der Waals surface area contributed by atoms with Crippen LogP contribution in [0.15, 0.2) is 24.3 Å². The third-order valence-corrected chi connectivity index (χ3v) is 3.38. The molecule has 1 aromatic rings. The zero-order valence-corrected chi connectivity index (χ0v) is 11.0. The first-order valence-electron chi connectivity index (χ1n) is 6.50. The normalized spacial score (nSPS) is 22.6. The molecule has 1 fully saturated rings. The standard InChI is InChI=1S/C14H16F3NO2/c1-9-2-5-11(8-9)18-13(19)10-3-6-12(7-4-10)20-14(15,16)17/h3-4,6-7,9,11H,2,5,8H2,1H3,(H,18,19). The van der Waals surface area contributed by atoms with Crippen LogP contribution in [-0.4, -0.2) is 18.3 Å². The van der Waals surface area contributed by atoms with Gasteiger partial charge < -0.3 is 10.1 Å². The summed E-state index contributed by atoms with van der Waals surface area (Å²) in [6.45, 7) is 2.13. The van der Waals surface area contributed by atoms with Crippen LogP contribution in [0.5, 0.6) is 5.75 Å². The third-order valence-electron chi connectivity index (χ3n) is 3.38. The highest BCUT2D eigenvalue weighted by molar-refractivity contribution is 5.94. The number of carbonyl (C=O) groups is 1. The first-order valence-corrected chi connectivity index (χ1v) is 6.50. The predicted molar refractivity (Wildman–Crippen MR) is 67.4 cm³/mol. The van der Waals surface area contributed by atoms with Gasteiger partial charge in [0.05, 0.1) is 0 Å². The van der Waals surface area contributed by atoms with E-state index in [1.807, 2.05) is 0 Å². The van der Waals surface area contributed by atoms with Gasteiger partial charge >= 0.3 is 6.36 Å². The van der Waals surface area contributed by atoms with E-state index in [9.17, 15) is 18.0 Å². The van der Waals surface area contributed by atoms with Crippen LogP contribution in [0, 0.1) is 5.92 Å². The summed E-state index contributed by atoms with van der Waals surface area (Å²) in [5.41, 5.74) is 0.332. The summed E-state index contributed by atoms with van der Waals surface area (Å²) in [5, 5.41) is 2.89. The fourth-order valence-corrected chi connectivity index (χ4v) is 2.41. The quantitative estimate of drug-likeness (QED) is 0.924. The monoisotopic (exact) mass is 287 g/mol. The van der Waals surface area contributed by atoms with Gasteiger partial charge in [-0.3, -0.25) is 4.79 Å². The number of hydrogen-bond acceptors (Lipinski definition) is 2. The Morgan fingerprint density at radius 2 is 1.90 bits per heavy atom. The van der Waals surface area contributed by atoms with Crippen molar-refractivity contribution in [1.82, 2.24) is 5.32 Å². The molecule has 0 bridgehead atoms. The number of hydrogen-bond donors (Lipinski definition) is 1. The molecule has 0 aliphatic heterocycles. The van der Waals surface area contributed by atoms with Crippen LogP contribution in [0.1, 0.15) is 36.5 Å². The Morgan fingerprint density at radius 3 is 2.40 bits per heavy atom. The molecular weight excluding hydrogens is 271 g/mol. The minimum absolute atomic E-state index is 0.156. The summed E-state index contributed by atoms with van der Waals surface area (Å²) >= 11 is 0. The molecule has 1 aromatic carbocycles. The molecule has 110 valence electrons. The third kappa shape index (κ3) is 4.15. The number of halogens is 3. The molecule has 0 radical (unpaired) electrons. The van der Waals surface area contributed by atoms with Crippen LogP contribution in [0.3, 0.4) is 0 Å². The lowest BCUT2D eigenvalue weighted by molar-refractivity contribution is -0.274. The van der Waals surface area contributed by atoms with E-state index in [1.165, 1.54) is 12.1 Å². The molecule has 1 aliphatic carbocycles. The van der Waals surface area contributed by atoms with E-state index in [0.29, 0.717) is 11.5 Å². The second kappa shape index (κ2) is 5.73. The molecule has 20 heavy (non-hydrogen) atoms. The van der Waals surface area contributed by atoms with Crippen LogP contribution in [0.4, 0.5) is 13.2 Å². The highest BCUT2D eigenvalue weighted by Gasteiger charge is 2.31. The maximum absolute atomic E-state index is 12.0. The van der Waals surface area contributed by atoms with E-state index in [4.69, 9.17) is 0 Å².